The van der Waals surface area contributed by atoms with Crippen molar-refractivity contribution < 1.29 is 4.79 Å². The number of rotatable bonds is 3. The van der Waals surface area contributed by atoms with Crippen LogP contribution in [0.15, 0.2) is 18.2 Å². The fraction of sp³-hybridized carbons (Fsp3) is 0.250. The number of carbonyl (C=O) groups is 1. The van der Waals surface area contributed by atoms with Gasteiger partial charge in [-0.25, -0.2) is 0 Å². The van der Waals surface area contributed by atoms with E-state index in [1.807, 2.05) is 26.0 Å². The lowest BCUT2D eigenvalue weighted by Crippen LogP contribution is -2.12. The molecule has 0 bridgehead atoms. The van der Waals surface area contributed by atoms with E-state index < -0.39 is 0 Å². The zero-order valence-corrected chi connectivity index (χ0v) is 11.0. The number of benzene rings is 1. The number of nitrogens with zero attached hydrogens (tertiary/aromatic N) is 2. The third kappa shape index (κ3) is 2.48. The van der Waals surface area contributed by atoms with Crippen LogP contribution in [-0.4, -0.2) is 15.5 Å². The van der Waals surface area contributed by atoms with Gasteiger partial charge in [-0.15, -0.1) is 5.10 Å². The molecule has 0 unspecified atom stereocenters. The van der Waals surface area contributed by atoms with Crippen molar-refractivity contribution in [1.29, 1.82) is 0 Å². The molecule has 6 heteroatoms. The van der Waals surface area contributed by atoms with Crippen LogP contribution < -0.4 is 11.1 Å². The van der Waals surface area contributed by atoms with E-state index in [2.05, 4.69) is 14.9 Å². The smallest absolute Gasteiger partial charge is 0.269 e. The molecule has 1 aromatic heterocycles. The van der Waals surface area contributed by atoms with Gasteiger partial charge in [0.15, 0.2) is 0 Å². The van der Waals surface area contributed by atoms with Gasteiger partial charge in [0.1, 0.15) is 4.88 Å². The molecule has 5 nitrogen and oxygen atoms in total. The van der Waals surface area contributed by atoms with E-state index in [9.17, 15) is 4.79 Å². The zero-order valence-electron chi connectivity index (χ0n) is 10.2. The molecule has 18 heavy (non-hydrogen) atoms. The van der Waals surface area contributed by atoms with Gasteiger partial charge in [-0.1, -0.05) is 17.5 Å². The summed E-state index contributed by atoms with van der Waals surface area (Å²) in [5.41, 5.74) is 8.84. The van der Waals surface area contributed by atoms with E-state index in [0.717, 1.165) is 22.8 Å². The Kier molecular flexibility index (Phi) is 3.57. The molecular formula is C12H14N4OS. The Balaban J connectivity index is 2.19. The number of nitrogen functional groups attached to an aromatic ring is 1. The molecule has 0 saturated heterocycles. The highest BCUT2D eigenvalue weighted by molar-refractivity contribution is 7.08. The minimum Gasteiger partial charge on any atom is -0.398 e. The summed E-state index contributed by atoms with van der Waals surface area (Å²) >= 11 is 1.10. The van der Waals surface area contributed by atoms with Crippen LogP contribution in [0.2, 0.25) is 0 Å². The van der Waals surface area contributed by atoms with Crippen LogP contribution in [0.1, 0.15) is 27.9 Å². The number of aryl methyl sites for hydroxylation is 2. The van der Waals surface area contributed by atoms with Gasteiger partial charge in [0, 0.05) is 11.4 Å². The summed E-state index contributed by atoms with van der Waals surface area (Å²) in [7, 11) is 0. The van der Waals surface area contributed by atoms with Gasteiger partial charge in [0.2, 0.25) is 0 Å². The second kappa shape index (κ2) is 5.14. The Bertz CT molecular complexity index is 579. The summed E-state index contributed by atoms with van der Waals surface area (Å²) in [5, 5.41) is 6.71. The summed E-state index contributed by atoms with van der Waals surface area (Å²) < 4.78 is 3.79. The lowest BCUT2D eigenvalue weighted by Gasteiger charge is -2.06. The van der Waals surface area contributed by atoms with Crippen molar-refractivity contribution in [3.8, 4) is 0 Å². The van der Waals surface area contributed by atoms with E-state index in [1.54, 1.807) is 6.07 Å². The number of carbonyl (C=O) groups excluding carboxylic acids is 1. The number of nitrogens with one attached hydrogen (secondary N) is 1. The third-order valence-corrected chi connectivity index (χ3v) is 3.40. The number of hydrogen-bond acceptors (Lipinski definition) is 5. The van der Waals surface area contributed by atoms with Gasteiger partial charge in [-0.2, -0.15) is 0 Å². The SMILES string of the molecule is CCc1nnsc1C(=O)Nc1ccc(C)c(N)c1. The normalized spacial score (nSPS) is 10.3. The van der Waals surface area contributed by atoms with Gasteiger partial charge in [0.05, 0.1) is 5.69 Å². The van der Waals surface area contributed by atoms with Crippen molar-refractivity contribution in [1.82, 2.24) is 9.59 Å². The van der Waals surface area contributed by atoms with E-state index in [-0.39, 0.29) is 5.91 Å². The van der Waals surface area contributed by atoms with Gasteiger partial charge >= 0.3 is 0 Å². The maximum atomic E-state index is 12.0. The molecule has 3 N–H and O–H groups in total. The number of aromatic nitrogens is 2. The molecular weight excluding hydrogens is 248 g/mol. The molecule has 2 aromatic rings. The van der Waals surface area contributed by atoms with E-state index in [0.29, 0.717) is 22.7 Å². The minimum atomic E-state index is -0.190. The molecule has 1 heterocycles. The molecule has 94 valence electrons. The van der Waals surface area contributed by atoms with Crippen LogP contribution in [0, 0.1) is 6.92 Å². The Morgan fingerprint density at radius 3 is 2.94 bits per heavy atom. The maximum Gasteiger partial charge on any atom is 0.269 e. The first kappa shape index (κ1) is 12.5. The first-order chi connectivity index (χ1) is 8.61. The Morgan fingerprint density at radius 2 is 2.28 bits per heavy atom. The van der Waals surface area contributed by atoms with Crippen LogP contribution in [0.3, 0.4) is 0 Å². The van der Waals surface area contributed by atoms with Gasteiger partial charge in [-0.05, 0) is 42.6 Å². The number of hydrogen-bond donors (Lipinski definition) is 2. The Morgan fingerprint density at radius 1 is 1.50 bits per heavy atom. The fourth-order valence-corrected chi connectivity index (χ4v) is 2.16. The molecule has 1 amide bonds. The Hall–Kier alpha value is -1.95. The zero-order chi connectivity index (χ0) is 13.1. The summed E-state index contributed by atoms with van der Waals surface area (Å²) in [5.74, 6) is -0.190. The maximum absolute atomic E-state index is 12.0. The third-order valence-electron chi connectivity index (χ3n) is 2.63. The standard InChI is InChI=1S/C12H14N4OS/c1-3-10-11(18-16-15-10)12(17)14-8-5-4-7(2)9(13)6-8/h4-6H,3,13H2,1-2H3,(H,14,17). The minimum absolute atomic E-state index is 0.190. The summed E-state index contributed by atoms with van der Waals surface area (Å²) in [6.07, 6.45) is 0.690. The van der Waals surface area contributed by atoms with Gasteiger partial charge in [-0.3, -0.25) is 4.79 Å². The molecule has 0 spiro atoms. The molecule has 2 rings (SSSR count). The second-order valence-electron chi connectivity index (χ2n) is 3.93. The lowest BCUT2D eigenvalue weighted by molar-refractivity contribution is 0.102. The van der Waals surface area contributed by atoms with E-state index in [1.165, 1.54) is 0 Å². The highest BCUT2D eigenvalue weighted by Gasteiger charge is 2.15. The number of nitrogens with two attached hydrogens (primary N) is 1. The van der Waals surface area contributed by atoms with Crippen molar-refractivity contribution in [3.05, 3.63) is 34.3 Å². The molecule has 1 aromatic carbocycles. The topological polar surface area (TPSA) is 80.9 Å². The Labute approximate surface area is 109 Å². The van der Waals surface area contributed by atoms with Crippen LogP contribution in [0.4, 0.5) is 11.4 Å². The molecule has 0 aliphatic rings. The fourth-order valence-electron chi connectivity index (χ4n) is 1.52. The molecule has 0 saturated carbocycles. The molecule has 0 radical (unpaired) electrons. The molecule has 0 fully saturated rings. The predicted molar refractivity (Wildman–Crippen MR) is 72.8 cm³/mol. The average molecular weight is 262 g/mol. The summed E-state index contributed by atoms with van der Waals surface area (Å²) in [6, 6.07) is 5.44. The molecule has 0 atom stereocenters. The second-order valence-corrected chi connectivity index (χ2v) is 4.68. The highest BCUT2D eigenvalue weighted by atomic mass is 32.1. The summed E-state index contributed by atoms with van der Waals surface area (Å²) in [4.78, 5) is 12.6. The van der Waals surface area contributed by atoms with Crippen molar-refractivity contribution in [3.63, 3.8) is 0 Å². The lowest BCUT2D eigenvalue weighted by atomic mass is 10.2. The van der Waals surface area contributed by atoms with Crippen molar-refractivity contribution in [2.75, 3.05) is 11.1 Å². The van der Waals surface area contributed by atoms with Crippen LogP contribution in [0.25, 0.3) is 0 Å². The first-order valence-electron chi connectivity index (χ1n) is 5.60. The van der Waals surface area contributed by atoms with Crippen LogP contribution >= 0.6 is 11.5 Å². The number of amides is 1. The van der Waals surface area contributed by atoms with Crippen LogP contribution in [-0.2, 0) is 6.42 Å². The van der Waals surface area contributed by atoms with Crippen LogP contribution in [0.5, 0.6) is 0 Å². The van der Waals surface area contributed by atoms with Crippen molar-refractivity contribution in [2.45, 2.75) is 20.3 Å². The van der Waals surface area contributed by atoms with Gasteiger partial charge in [0.25, 0.3) is 5.91 Å². The number of anilines is 2. The highest BCUT2D eigenvalue weighted by Crippen LogP contribution is 2.19. The predicted octanol–water partition coefficient (Wildman–Crippen LogP) is 2.24. The van der Waals surface area contributed by atoms with E-state index in [4.69, 9.17) is 5.73 Å². The monoisotopic (exact) mass is 262 g/mol. The largest absolute Gasteiger partial charge is 0.398 e. The van der Waals surface area contributed by atoms with Gasteiger partial charge < -0.3 is 11.1 Å². The first-order valence-corrected chi connectivity index (χ1v) is 6.38. The van der Waals surface area contributed by atoms with E-state index >= 15 is 0 Å². The summed E-state index contributed by atoms with van der Waals surface area (Å²) in [6.45, 7) is 3.86. The quantitative estimate of drug-likeness (QED) is 0.831. The van der Waals surface area contributed by atoms with Crippen molar-refractivity contribution >= 4 is 28.8 Å². The van der Waals surface area contributed by atoms with Crippen molar-refractivity contribution in [2.24, 2.45) is 0 Å². The molecule has 0 aliphatic carbocycles. The average Bonchev–Trinajstić information content (AvgIpc) is 2.82. The molecule has 0 aliphatic heterocycles.